The van der Waals surface area contributed by atoms with E-state index in [2.05, 4.69) is 40.5 Å². The molecule has 1 fully saturated rings. The third-order valence-electron chi connectivity index (χ3n) is 7.61. The molecule has 41 heavy (non-hydrogen) atoms. The van der Waals surface area contributed by atoms with E-state index in [1.807, 2.05) is 18.2 Å². The highest BCUT2D eigenvalue weighted by Gasteiger charge is 2.27. The Kier molecular flexibility index (Phi) is 10.9. The number of methoxy groups -OCH3 is 1. The van der Waals surface area contributed by atoms with Gasteiger partial charge in [-0.3, -0.25) is 0 Å². The molecule has 1 N–H and O–H groups in total. The fraction of sp³-hybridized carbons (Fsp3) is 0.455. The van der Waals surface area contributed by atoms with E-state index in [-0.39, 0.29) is 11.9 Å². The van der Waals surface area contributed by atoms with Crippen LogP contribution in [0.5, 0.6) is 11.5 Å². The summed E-state index contributed by atoms with van der Waals surface area (Å²) in [5, 5.41) is 3.50. The van der Waals surface area contributed by atoms with E-state index in [4.69, 9.17) is 23.7 Å². The van der Waals surface area contributed by atoms with Crippen LogP contribution in [0.1, 0.15) is 35.4 Å². The largest absolute Gasteiger partial charge is 0.491 e. The summed E-state index contributed by atoms with van der Waals surface area (Å²) in [5.41, 5.74) is 4.36. The highest BCUT2D eigenvalue weighted by molar-refractivity contribution is 5.61. The maximum Gasteiger partial charge on any atom is 0.142 e. The second kappa shape index (κ2) is 15.2. The first-order valence-corrected chi connectivity index (χ1v) is 14.6. The SMILES string of the molecule is COCCCN1CCOc2ccc(COC3CNCCC3c3ccc(OCCOCc4cccc(F)c4)cc3)cc21. The molecule has 1 saturated heterocycles. The van der Waals surface area contributed by atoms with Crippen LogP contribution in [0.3, 0.4) is 0 Å². The molecule has 3 aromatic carbocycles. The molecule has 2 heterocycles. The van der Waals surface area contributed by atoms with Gasteiger partial charge in [0.25, 0.3) is 0 Å². The van der Waals surface area contributed by atoms with Crippen molar-refractivity contribution in [3.8, 4) is 11.5 Å². The Morgan fingerprint density at radius 2 is 1.85 bits per heavy atom. The fourth-order valence-corrected chi connectivity index (χ4v) is 5.48. The number of benzene rings is 3. The minimum atomic E-state index is -0.252. The van der Waals surface area contributed by atoms with Crippen LogP contribution in [0.2, 0.25) is 0 Å². The zero-order chi connectivity index (χ0) is 28.3. The van der Waals surface area contributed by atoms with Crippen LogP contribution < -0.4 is 19.7 Å². The smallest absolute Gasteiger partial charge is 0.142 e. The van der Waals surface area contributed by atoms with Crippen molar-refractivity contribution < 1.29 is 28.1 Å². The van der Waals surface area contributed by atoms with Crippen molar-refractivity contribution in [1.29, 1.82) is 0 Å². The van der Waals surface area contributed by atoms with Crippen molar-refractivity contribution in [1.82, 2.24) is 5.32 Å². The van der Waals surface area contributed by atoms with Crippen LogP contribution in [0, 0.1) is 5.82 Å². The zero-order valence-electron chi connectivity index (χ0n) is 23.9. The van der Waals surface area contributed by atoms with Gasteiger partial charge < -0.3 is 33.9 Å². The molecule has 5 rings (SSSR count). The number of ether oxygens (including phenoxy) is 5. The Morgan fingerprint density at radius 1 is 0.976 bits per heavy atom. The van der Waals surface area contributed by atoms with Crippen LogP contribution >= 0.6 is 0 Å². The number of piperidine rings is 1. The molecule has 2 aliphatic rings. The molecule has 8 heteroatoms. The number of rotatable bonds is 14. The van der Waals surface area contributed by atoms with Crippen molar-refractivity contribution in [3.63, 3.8) is 0 Å². The van der Waals surface area contributed by atoms with Gasteiger partial charge in [-0.25, -0.2) is 4.39 Å². The molecular formula is C33H41FN2O5. The number of nitrogens with zero attached hydrogens (tertiary/aromatic N) is 1. The number of hydrogen-bond acceptors (Lipinski definition) is 7. The van der Waals surface area contributed by atoms with Crippen molar-refractivity contribution >= 4 is 5.69 Å². The second-order valence-corrected chi connectivity index (χ2v) is 10.5. The van der Waals surface area contributed by atoms with E-state index in [0.29, 0.717) is 39.0 Å². The molecule has 0 aromatic heterocycles. The molecule has 3 aromatic rings. The second-order valence-electron chi connectivity index (χ2n) is 10.5. The van der Waals surface area contributed by atoms with Crippen LogP contribution in [-0.2, 0) is 27.4 Å². The van der Waals surface area contributed by atoms with Crippen molar-refractivity contribution in [2.24, 2.45) is 0 Å². The first kappa shape index (κ1) is 29.3. The Bertz CT molecular complexity index is 1220. The number of hydrogen-bond donors (Lipinski definition) is 1. The van der Waals surface area contributed by atoms with Crippen LogP contribution in [0.15, 0.2) is 66.7 Å². The molecule has 0 bridgehead atoms. The highest BCUT2D eigenvalue weighted by atomic mass is 19.1. The highest BCUT2D eigenvalue weighted by Crippen LogP contribution is 2.34. The summed E-state index contributed by atoms with van der Waals surface area (Å²) in [4.78, 5) is 2.38. The van der Waals surface area contributed by atoms with Gasteiger partial charge in [-0.05, 0) is 72.5 Å². The lowest BCUT2D eigenvalue weighted by molar-refractivity contribution is 0.0106. The van der Waals surface area contributed by atoms with Gasteiger partial charge in [-0.1, -0.05) is 30.3 Å². The first-order valence-electron chi connectivity index (χ1n) is 14.6. The minimum absolute atomic E-state index is 0.0804. The predicted octanol–water partition coefficient (Wildman–Crippen LogP) is 5.32. The van der Waals surface area contributed by atoms with Crippen molar-refractivity contribution in [2.75, 3.05) is 64.6 Å². The molecule has 0 radical (unpaired) electrons. The summed E-state index contributed by atoms with van der Waals surface area (Å²) in [6, 6.07) is 21.2. The molecule has 7 nitrogen and oxygen atoms in total. The first-order chi connectivity index (χ1) is 20.2. The maximum absolute atomic E-state index is 13.3. The number of fused-ring (bicyclic) bond motifs is 1. The van der Waals surface area contributed by atoms with E-state index in [1.165, 1.54) is 17.7 Å². The summed E-state index contributed by atoms with van der Waals surface area (Å²) in [6.45, 7) is 6.88. The van der Waals surface area contributed by atoms with Gasteiger partial charge in [0, 0.05) is 32.7 Å². The monoisotopic (exact) mass is 564 g/mol. The summed E-state index contributed by atoms with van der Waals surface area (Å²) in [7, 11) is 1.74. The quantitative estimate of drug-likeness (QED) is 0.266. The Morgan fingerprint density at radius 3 is 2.71 bits per heavy atom. The summed E-state index contributed by atoms with van der Waals surface area (Å²) < 4.78 is 42.4. The van der Waals surface area contributed by atoms with E-state index in [1.54, 1.807) is 13.2 Å². The Hall–Kier alpha value is -3.17. The molecule has 2 atom stereocenters. The minimum Gasteiger partial charge on any atom is -0.491 e. The molecular weight excluding hydrogens is 523 g/mol. The molecule has 2 unspecified atom stereocenters. The van der Waals surface area contributed by atoms with Gasteiger partial charge in [-0.15, -0.1) is 0 Å². The van der Waals surface area contributed by atoms with Crippen LogP contribution in [-0.4, -0.2) is 65.8 Å². The number of halogens is 1. The van der Waals surface area contributed by atoms with Gasteiger partial charge in [0.05, 0.1) is 38.2 Å². The lowest BCUT2D eigenvalue weighted by Crippen LogP contribution is -2.41. The van der Waals surface area contributed by atoms with E-state index < -0.39 is 0 Å². The average molecular weight is 565 g/mol. The van der Waals surface area contributed by atoms with E-state index in [0.717, 1.165) is 73.9 Å². The molecule has 0 aliphatic carbocycles. The van der Waals surface area contributed by atoms with Crippen LogP contribution in [0.25, 0.3) is 0 Å². The summed E-state index contributed by atoms with van der Waals surface area (Å²) in [6.07, 6.45) is 2.08. The predicted molar refractivity (Wildman–Crippen MR) is 157 cm³/mol. The molecule has 0 spiro atoms. The summed E-state index contributed by atoms with van der Waals surface area (Å²) >= 11 is 0. The molecule has 2 aliphatic heterocycles. The number of anilines is 1. The van der Waals surface area contributed by atoms with Gasteiger partial charge >= 0.3 is 0 Å². The summed E-state index contributed by atoms with van der Waals surface area (Å²) in [5.74, 6) is 1.81. The zero-order valence-corrected chi connectivity index (χ0v) is 23.9. The Labute approximate surface area is 242 Å². The lowest BCUT2D eigenvalue weighted by atomic mass is 9.87. The normalized spacial score (nSPS) is 18.5. The number of nitrogens with one attached hydrogen (secondary N) is 1. The average Bonchev–Trinajstić information content (AvgIpc) is 3.01. The van der Waals surface area contributed by atoms with Gasteiger partial charge in [0.1, 0.15) is 30.5 Å². The third-order valence-corrected chi connectivity index (χ3v) is 7.61. The van der Waals surface area contributed by atoms with Gasteiger partial charge in [0.15, 0.2) is 0 Å². The van der Waals surface area contributed by atoms with Crippen LogP contribution in [0.4, 0.5) is 10.1 Å². The maximum atomic E-state index is 13.3. The van der Waals surface area contributed by atoms with Crippen molar-refractivity contribution in [2.45, 2.75) is 38.1 Å². The van der Waals surface area contributed by atoms with E-state index in [9.17, 15) is 4.39 Å². The standard InChI is InChI=1S/C33H41FN2O5/c1-37-16-3-14-36-15-17-40-32-11-6-26(21-31(32)36)24-41-33-22-35-13-12-30(33)27-7-9-29(10-8-27)39-19-18-38-23-25-4-2-5-28(34)20-25/h2,4-11,20-21,30,33,35H,3,12-19,22-24H2,1H3. The molecule has 0 amide bonds. The third kappa shape index (κ3) is 8.42. The molecule has 0 saturated carbocycles. The fourth-order valence-electron chi connectivity index (χ4n) is 5.48. The van der Waals surface area contributed by atoms with Gasteiger partial charge in [-0.2, -0.15) is 0 Å². The van der Waals surface area contributed by atoms with Crippen molar-refractivity contribution in [3.05, 3.63) is 89.2 Å². The topological polar surface area (TPSA) is 61.4 Å². The molecule has 220 valence electrons. The van der Waals surface area contributed by atoms with E-state index >= 15 is 0 Å². The van der Waals surface area contributed by atoms with Gasteiger partial charge in [0.2, 0.25) is 0 Å². The Balaban J connectivity index is 1.11. The lowest BCUT2D eigenvalue weighted by Gasteiger charge is -2.33.